The summed E-state index contributed by atoms with van der Waals surface area (Å²) in [5.74, 6) is 0.711. The fraction of sp³-hybridized carbons (Fsp3) is 0.300. The molecule has 2 aliphatic rings. The summed E-state index contributed by atoms with van der Waals surface area (Å²) in [4.78, 5) is 25.7. The minimum Gasteiger partial charge on any atom is -0.484 e. The van der Waals surface area contributed by atoms with Crippen LogP contribution in [0.1, 0.15) is 23.1 Å². The number of fused-ring (bicyclic) bond motifs is 2. The van der Waals surface area contributed by atoms with Gasteiger partial charge in [-0.2, -0.15) is 0 Å². The van der Waals surface area contributed by atoms with E-state index in [1.807, 2.05) is 29.2 Å². The van der Waals surface area contributed by atoms with Gasteiger partial charge in [-0.3, -0.25) is 9.59 Å². The van der Waals surface area contributed by atoms with Crippen LogP contribution in [0.4, 0.5) is 5.69 Å². The summed E-state index contributed by atoms with van der Waals surface area (Å²) in [6.07, 6.45) is 2.08. The van der Waals surface area contributed by atoms with Crippen LogP contribution in [-0.2, 0) is 29.0 Å². The Morgan fingerprint density at radius 2 is 1.88 bits per heavy atom. The molecule has 0 aliphatic carbocycles. The molecule has 2 aromatic carbocycles. The Labute approximate surface area is 146 Å². The van der Waals surface area contributed by atoms with Crippen molar-refractivity contribution in [3.05, 3.63) is 59.2 Å². The maximum Gasteiger partial charge on any atom is 0.260 e. The topological polar surface area (TPSA) is 58.6 Å². The van der Waals surface area contributed by atoms with E-state index in [9.17, 15) is 9.59 Å². The van der Waals surface area contributed by atoms with E-state index in [1.54, 1.807) is 6.07 Å². The van der Waals surface area contributed by atoms with Crippen molar-refractivity contribution in [2.45, 2.75) is 25.8 Å². The van der Waals surface area contributed by atoms with Crippen molar-refractivity contribution in [2.75, 3.05) is 18.5 Å². The van der Waals surface area contributed by atoms with E-state index in [1.165, 1.54) is 11.1 Å². The number of hydrogen-bond donors (Lipinski definition) is 1. The van der Waals surface area contributed by atoms with Gasteiger partial charge in [0.1, 0.15) is 5.75 Å². The van der Waals surface area contributed by atoms with E-state index in [0.717, 1.165) is 24.2 Å². The number of aryl methyl sites for hydroxylation is 1. The molecule has 2 amide bonds. The number of anilines is 1. The van der Waals surface area contributed by atoms with E-state index in [0.29, 0.717) is 25.1 Å². The molecule has 0 bridgehead atoms. The zero-order valence-corrected chi connectivity index (χ0v) is 14.0. The van der Waals surface area contributed by atoms with Gasteiger partial charge >= 0.3 is 0 Å². The van der Waals surface area contributed by atoms with E-state index in [4.69, 9.17) is 4.74 Å². The van der Waals surface area contributed by atoms with E-state index >= 15 is 0 Å². The highest BCUT2D eigenvalue weighted by molar-refractivity contribution is 5.94. The molecular weight excluding hydrogens is 316 g/mol. The second-order valence-corrected chi connectivity index (χ2v) is 6.49. The molecule has 128 valence electrons. The Morgan fingerprint density at radius 3 is 2.76 bits per heavy atom. The summed E-state index contributed by atoms with van der Waals surface area (Å²) in [7, 11) is 0. The molecule has 0 saturated carbocycles. The van der Waals surface area contributed by atoms with Crippen molar-refractivity contribution in [3.8, 4) is 5.75 Å². The normalized spacial score (nSPS) is 15.8. The average molecular weight is 336 g/mol. The first kappa shape index (κ1) is 15.7. The highest BCUT2D eigenvalue weighted by Crippen LogP contribution is 2.27. The van der Waals surface area contributed by atoms with Crippen molar-refractivity contribution in [2.24, 2.45) is 0 Å². The Balaban J connectivity index is 1.37. The van der Waals surface area contributed by atoms with Gasteiger partial charge in [-0.05, 0) is 47.7 Å². The monoisotopic (exact) mass is 336 g/mol. The molecule has 0 radical (unpaired) electrons. The number of nitrogens with one attached hydrogen (secondary N) is 1. The summed E-state index contributed by atoms with van der Waals surface area (Å²) in [5, 5.41) is 2.84. The van der Waals surface area contributed by atoms with Crippen LogP contribution in [0.2, 0.25) is 0 Å². The molecule has 4 rings (SSSR count). The number of carbonyl (C=O) groups excluding carboxylic acids is 2. The molecule has 2 aliphatic heterocycles. The summed E-state index contributed by atoms with van der Waals surface area (Å²) in [5.41, 5.74) is 4.43. The fourth-order valence-electron chi connectivity index (χ4n) is 3.39. The van der Waals surface area contributed by atoms with Gasteiger partial charge in [0.15, 0.2) is 6.61 Å². The van der Waals surface area contributed by atoms with E-state index in [2.05, 4.69) is 17.4 Å². The second kappa shape index (κ2) is 6.59. The lowest BCUT2D eigenvalue weighted by Gasteiger charge is -2.28. The van der Waals surface area contributed by atoms with Gasteiger partial charge in [0, 0.05) is 25.2 Å². The molecule has 1 N–H and O–H groups in total. The first-order valence-electron chi connectivity index (χ1n) is 8.59. The number of ether oxygens (including phenoxy) is 1. The first-order chi connectivity index (χ1) is 12.2. The zero-order valence-electron chi connectivity index (χ0n) is 14.0. The van der Waals surface area contributed by atoms with Crippen molar-refractivity contribution in [1.29, 1.82) is 0 Å². The molecule has 0 atom stereocenters. The third kappa shape index (κ3) is 3.36. The lowest BCUT2D eigenvalue weighted by Crippen LogP contribution is -2.38. The molecule has 5 heteroatoms. The van der Waals surface area contributed by atoms with Crippen molar-refractivity contribution < 1.29 is 14.3 Å². The maximum absolute atomic E-state index is 12.5. The zero-order chi connectivity index (χ0) is 17.2. The largest absolute Gasteiger partial charge is 0.484 e. The number of amides is 2. The molecule has 0 unspecified atom stereocenters. The van der Waals surface area contributed by atoms with Gasteiger partial charge in [-0.25, -0.2) is 0 Å². The molecule has 5 nitrogen and oxygen atoms in total. The quantitative estimate of drug-likeness (QED) is 0.937. The smallest absolute Gasteiger partial charge is 0.260 e. The Bertz CT molecular complexity index is 831. The van der Waals surface area contributed by atoms with Gasteiger partial charge in [0.05, 0.1) is 0 Å². The third-order valence-corrected chi connectivity index (χ3v) is 4.82. The van der Waals surface area contributed by atoms with Crippen LogP contribution in [0, 0.1) is 0 Å². The number of rotatable bonds is 3. The minimum absolute atomic E-state index is 0.000488. The molecule has 25 heavy (non-hydrogen) atoms. The van der Waals surface area contributed by atoms with Crippen LogP contribution in [-0.4, -0.2) is 29.9 Å². The van der Waals surface area contributed by atoms with Gasteiger partial charge in [-0.1, -0.05) is 24.3 Å². The van der Waals surface area contributed by atoms with Crippen molar-refractivity contribution in [1.82, 2.24) is 4.90 Å². The van der Waals surface area contributed by atoms with Crippen LogP contribution >= 0.6 is 0 Å². The number of nitrogens with zero attached hydrogens (tertiary/aromatic N) is 1. The fourth-order valence-corrected chi connectivity index (χ4v) is 3.39. The summed E-state index contributed by atoms with van der Waals surface area (Å²) in [6.45, 7) is 1.41. The molecule has 0 spiro atoms. The second-order valence-electron chi connectivity index (χ2n) is 6.49. The summed E-state index contributed by atoms with van der Waals surface area (Å²) >= 11 is 0. The number of hydrogen-bond acceptors (Lipinski definition) is 3. The highest BCUT2D eigenvalue weighted by Gasteiger charge is 2.21. The molecule has 0 aromatic heterocycles. The third-order valence-electron chi connectivity index (χ3n) is 4.82. The average Bonchev–Trinajstić information content (AvgIpc) is 2.65. The standard InChI is InChI=1S/C20H20N2O3/c23-19-8-5-15-11-17(6-7-18(15)21-19)25-13-20(24)22-10-9-14-3-1-2-4-16(14)12-22/h1-4,6-7,11H,5,8-10,12-13H2,(H,21,23). The molecule has 0 fully saturated rings. The summed E-state index contributed by atoms with van der Waals surface area (Å²) in [6, 6.07) is 13.8. The molecule has 2 aromatic rings. The van der Waals surface area contributed by atoms with E-state index in [-0.39, 0.29) is 18.4 Å². The first-order valence-corrected chi connectivity index (χ1v) is 8.59. The van der Waals surface area contributed by atoms with Crippen molar-refractivity contribution >= 4 is 17.5 Å². The lowest BCUT2D eigenvalue weighted by molar-refractivity contribution is -0.134. The Morgan fingerprint density at radius 1 is 1.04 bits per heavy atom. The molecular formula is C20H20N2O3. The van der Waals surface area contributed by atoms with Gasteiger partial charge in [-0.15, -0.1) is 0 Å². The highest BCUT2D eigenvalue weighted by atomic mass is 16.5. The number of carbonyl (C=O) groups is 2. The van der Waals surface area contributed by atoms with E-state index < -0.39 is 0 Å². The van der Waals surface area contributed by atoms with Crippen LogP contribution in [0.3, 0.4) is 0 Å². The number of benzene rings is 2. The predicted molar refractivity (Wildman–Crippen MR) is 94.5 cm³/mol. The Hall–Kier alpha value is -2.82. The molecule has 0 saturated heterocycles. The Kier molecular flexibility index (Phi) is 4.14. The van der Waals surface area contributed by atoms with Crippen LogP contribution in [0.15, 0.2) is 42.5 Å². The van der Waals surface area contributed by atoms with Gasteiger partial charge < -0.3 is 15.0 Å². The SMILES string of the molecule is O=C1CCc2cc(OCC(=O)N3CCc4ccccc4C3)ccc2N1. The van der Waals surface area contributed by atoms with Crippen LogP contribution in [0.5, 0.6) is 5.75 Å². The maximum atomic E-state index is 12.5. The summed E-state index contributed by atoms with van der Waals surface area (Å²) < 4.78 is 5.70. The minimum atomic E-state index is 0.000488. The molecule has 2 heterocycles. The van der Waals surface area contributed by atoms with Gasteiger partial charge in [0.25, 0.3) is 5.91 Å². The lowest BCUT2D eigenvalue weighted by atomic mass is 10.00. The predicted octanol–water partition coefficient (Wildman–Crippen LogP) is 2.54. The van der Waals surface area contributed by atoms with Gasteiger partial charge in [0.2, 0.25) is 5.91 Å². The van der Waals surface area contributed by atoms with Crippen LogP contribution < -0.4 is 10.1 Å². The van der Waals surface area contributed by atoms with Crippen molar-refractivity contribution in [3.63, 3.8) is 0 Å². The van der Waals surface area contributed by atoms with Crippen LogP contribution in [0.25, 0.3) is 0 Å².